The number of nitriles is 1. The summed E-state index contributed by atoms with van der Waals surface area (Å²) in [4.78, 5) is 10.6. The summed E-state index contributed by atoms with van der Waals surface area (Å²) in [5, 5.41) is 8.86. The highest BCUT2D eigenvalue weighted by Gasteiger charge is 2.29. The molecular weight excluding hydrogens is 224 g/mol. The Hall–Kier alpha value is -1.63. The van der Waals surface area contributed by atoms with Crippen LogP contribution in [0.2, 0.25) is 0 Å². The summed E-state index contributed by atoms with van der Waals surface area (Å²) in [6.07, 6.45) is 6.47. The van der Waals surface area contributed by atoms with Crippen LogP contribution in [0.25, 0.3) is 0 Å². The van der Waals surface area contributed by atoms with Crippen molar-refractivity contribution in [3.63, 3.8) is 0 Å². The van der Waals surface area contributed by atoms with Crippen LogP contribution in [0, 0.1) is 16.7 Å². The molecule has 4 nitrogen and oxygen atoms in total. The highest BCUT2D eigenvalue weighted by Crippen LogP contribution is 2.37. The molecule has 0 unspecified atom stereocenters. The summed E-state index contributed by atoms with van der Waals surface area (Å²) in [7, 11) is 2.03. The van der Waals surface area contributed by atoms with E-state index in [0.717, 1.165) is 0 Å². The molecule has 0 atom stereocenters. The highest BCUT2D eigenvalue weighted by atomic mass is 15.2. The van der Waals surface area contributed by atoms with E-state index in [1.54, 1.807) is 12.3 Å². The Morgan fingerprint density at radius 1 is 1.39 bits per heavy atom. The van der Waals surface area contributed by atoms with Gasteiger partial charge in [-0.25, -0.2) is 9.97 Å². The molecule has 18 heavy (non-hydrogen) atoms. The highest BCUT2D eigenvalue weighted by molar-refractivity contribution is 5.34. The van der Waals surface area contributed by atoms with Crippen molar-refractivity contribution < 1.29 is 0 Å². The van der Waals surface area contributed by atoms with E-state index in [9.17, 15) is 0 Å². The van der Waals surface area contributed by atoms with Gasteiger partial charge in [-0.05, 0) is 37.2 Å². The average Bonchev–Trinajstić information content (AvgIpc) is 2.38. The van der Waals surface area contributed by atoms with Crippen molar-refractivity contribution in [2.24, 2.45) is 5.41 Å². The predicted molar refractivity (Wildman–Crippen MR) is 71.2 cm³/mol. The zero-order chi connectivity index (χ0) is 13.2. The van der Waals surface area contributed by atoms with E-state index in [1.807, 2.05) is 7.05 Å². The molecule has 0 N–H and O–H groups in total. The zero-order valence-electron chi connectivity index (χ0n) is 11.3. The SMILES string of the molecule is CN(c1nccc(C#N)n1)C1CCC(C)(C)CC1. The van der Waals surface area contributed by atoms with Crippen molar-refractivity contribution >= 4 is 5.95 Å². The largest absolute Gasteiger partial charge is 0.341 e. The van der Waals surface area contributed by atoms with Gasteiger partial charge in [0.2, 0.25) is 5.95 Å². The van der Waals surface area contributed by atoms with E-state index in [4.69, 9.17) is 5.26 Å². The second kappa shape index (κ2) is 4.93. The Kier molecular flexibility index (Phi) is 3.51. The third-order valence-corrected chi connectivity index (χ3v) is 3.93. The summed E-state index contributed by atoms with van der Waals surface area (Å²) in [6.45, 7) is 4.66. The number of aromatic nitrogens is 2. The minimum Gasteiger partial charge on any atom is -0.341 e. The number of anilines is 1. The number of hydrogen-bond donors (Lipinski definition) is 0. The molecule has 4 heteroatoms. The molecule has 0 saturated heterocycles. The van der Waals surface area contributed by atoms with Crippen LogP contribution >= 0.6 is 0 Å². The Morgan fingerprint density at radius 2 is 2.06 bits per heavy atom. The Labute approximate surface area is 109 Å². The molecule has 1 aliphatic rings. The molecule has 1 saturated carbocycles. The van der Waals surface area contributed by atoms with E-state index in [-0.39, 0.29) is 0 Å². The third-order valence-electron chi connectivity index (χ3n) is 3.93. The lowest BCUT2D eigenvalue weighted by Gasteiger charge is -2.38. The maximum absolute atomic E-state index is 8.86. The van der Waals surface area contributed by atoms with Gasteiger partial charge in [-0.1, -0.05) is 13.8 Å². The van der Waals surface area contributed by atoms with Crippen LogP contribution in [0.5, 0.6) is 0 Å². The molecule has 0 amide bonds. The van der Waals surface area contributed by atoms with Gasteiger partial charge in [0.15, 0.2) is 0 Å². The first-order valence-electron chi connectivity index (χ1n) is 6.48. The zero-order valence-corrected chi connectivity index (χ0v) is 11.3. The van der Waals surface area contributed by atoms with Crippen molar-refractivity contribution in [3.05, 3.63) is 18.0 Å². The molecule has 0 radical (unpaired) electrons. The van der Waals surface area contributed by atoms with Crippen LogP contribution in [0.15, 0.2) is 12.3 Å². The van der Waals surface area contributed by atoms with Crippen LogP contribution in [0.1, 0.15) is 45.2 Å². The topological polar surface area (TPSA) is 52.8 Å². The van der Waals surface area contributed by atoms with Gasteiger partial charge in [-0.2, -0.15) is 5.26 Å². The summed E-state index contributed by atoms with van der Waals surface area (Å²) < 4.78 is 0. The molecule has 1 aromatic rings. The minimum atomic E-state index is 0.433. The molecule has 1 heterocycles. The maximum atomic E-state index is 8.86. The smallest absolute Gasteiger partial charge is 0.226 e. The molecule has 0 aliphatic heterocycles. The van der Waals surface area contributed by atoms with E-state index >= 15 is 0 Å². The van der Waals surface area contributed by atoms with E-state index < -0.39 is 0 Å². The van der Waals surface area contributed by atoms with Crippen LogP contribution in [-0.2, 0) is 0 Å². The fourth-order valence-corrected chi connectivity index (χ4v) is 2.52. The Bertz CT molecular complexity index is 451. The molecular formula is C14H20N4. The van der Waals surface area contributed by atoms with Gasteiger partial charge in [0.1, 0.15) is 11.8 Å². The van der Waals surface area contributed by atoms with Crippen molar-refractivity contribution in [1.29, 1.82) is 5.26 Å². The van der Waals surface area contributed by atoms with Gasteiger partial charge in [0, 0.05) is 19.3 Å². The lowest BCUT2D eigenvalue weighted by atomic mass is 9.75. The van der Waals surface area contributed by atoms with Crippen LogP contribution in [0.3, 0.4) is 0 Å². The van der Waals surface area contributed by atoms with Crippen molar-refractivity contribution in [2.45, 2.75) is 45.6 Å². The number of hydrogen-bond acceptors (Lipinski definition) is 4. The molecule has 1 fully saturated rings. The summed E-state index contributed by atoms with van der Waals surface area (Å²) in [5.74, 6) is 0.666. The second-order valence-electron chi connectivity index (χ2n) is 5.86. The number of rotatable bonds is 2. The molecule has 0 spiro atoms. The molecule has 0 aromatic carbocycles. The maximum Gasteiger partial charge on any atom is 0.226 e. The van der Waals surface area contributed by atoms with Gasteiger partial charge < -0.3 is 4.90 Å². The summed E-state index contributed by atoms with van der Waals surface area (Å²) >= 11 is 0. The molecule has 0 bridgehead atoms. The van der Waals surface area contributed by atoms with Gasteiger partial charge in [0.25, 0.3) is 0 Å². The monoisotopic (exact) mass is 244 g/mol. The van der Waals surface area contributed by atoms with E-state index in [1.165, 1.54) is 25.7 Å². The normalized spacial score (nSPS) is 19.2. The van der Waals surface area contributed by atoms with Crippen molar-refractivity contribution in [2.75, 3.05) is 11.9 Å². The minimum absolute atomic E-state index is 0.433. The fraction of sp³-hybridized carbons (Fsp3) is 0.643. The predicted octanol–water partition coefficient (Wildman–Crippen LogP) is 2.75. The Balaban J connectivity index is 2.08. The molecule has 1 aromatic heterocycles. The molecule has 2 rings (SSSR count). The van der Waals surface area contributed by atoms with Gasteiger partial charge in [-0.3, -0.25) is 0 Å². The first-order chi connectivity index (χ1) is 8.52. The third kappa shape index (κ3) is 2.79. The second-order valence-corrected chi connectivity index (χ2v) is 5.86. The molecule has 96 valence electrons. The average molecular weight is 244 g/mol. The quantitative estimate of drug-likeness (QED) is 0.802. The first-order valence-corrected chi connectivity index (χ1v) is 6.48. The van der Waals surface area contributed by atoms with Gasteiger partial charge in [-0.15, -0.1) is 0 Å². The van der Waals surface area contributed by atoms with Crippen LogP contribution in [0.4, 0.5) is 5.95 Å². The lowest BCUT2D eigenvalue weighted by Crippen LogP contribution is -2.38. The molecule has 1 aliphatic carbocycles. The van der Waals surface area contributed by atoms with E-state index in [2.05, 4.69) is 34.8 Å². The van der Waals surface area contributed by atoms with Crippen LogP contribution < -0.4 is 4.90 Å². The summed E-state index contributed by atoms with van der Waals surface area (Å²) in [6, 6.07) is 4.19. The fourth-order valence-electron chi connectivity index (χ4n) is 2.52. The van der Waals surface area contributed by atoms with Crippen molar-refractivity contribution in [1.82, 2.24) is 9.97 Å². The summed E-state index contributed by atoms with van der Waals surface area (Å²) in [5.41, 5.74) is 0.898. The van der Waals surface area contributed by atoms with Crippen LogP contribution in [-0.4, -0.2) is 23.1 Å². The first kappa shape index (κ1) is 12.8. The number of nitrogens with zero attached hydrogens (tertiary/aromatic N) is 4. The van der Waals surface area contributed by atoms with Crippen molar-refractivity contribution in [3.8, 4) is 6.07 Å². The van der Waals surface area contributed by atoms with E-state index in [0.29, 0.717) is 23.1 Å². The van der Waals surface area contributed by atoms with Gasteiger partial charge >= 0.3 is 0 Å². The van der Waals surface area contributed by atoms with Gasteiger partial charge in [0.05, 0.1) is 0 Å². The standard InChI is InChI=1S/C14H20N4/c1-14(2)7-4-12(5-8-14)18(3)13-16-9-6-11(10-15)17-13/h6,9,12H,4-5,7-8H2,1-3H3. The lowest BCUT2D eigenvalue weighted by molar-refractivity contribution is 0.222. The Morgan fingerprint density at radius 3 is 2.67 bits per heavy atom.